The topological polar surface area (TPSA) is 237 Å². The van der Waals surface area contributed by atoms with Crippen LogP contribution in [0.25, 0.3) is 0 Å². The van der Waals surface area contributed by atoms with E-state index < -0.39 is 97.5 Å². The second-order valence-corrected chi connectivity index (χ2v) is 32.9. The monoisotopic (exact) mass is 1450 g/mol. The molecule has 99 heavy (non-hydrogen) atoms. The number of hydrogen-bond acceptors (Lipinski definition) is 15. The Labute approximate surface area is 607 Å². The van der Waals surface area contributed by atoms with Crippen molar-refractivity contribution in [2.24, 2.45) is 17.8 Å². The Morgan fingerprint density at radius 1 is 0.293 bits per heavy atom. The molecule has 3 unspecified atom stereocenters. The van der Waals surface area contributed by atoms with Crippen LogP contribution in [0.4, 0.5) is 0 Å². The second kappa shape index (κ2) is 70.4. The Hall–Kier alpha value is -1.94. The molecule has 0 fully saturated rings. The third-order valence-corrected chi connectivity index (χ3v) is 20.9. The first-order valence-electron chi connectivity index (χ1n) is 41.4. The molecule has 0 aromatic rings. The zero-order chi connectivity index (χ0) is 73.0. The molecule has 0 heterocycles. The van der Waals surface area contributed by atoms with E-state index in [1.165, 1.54) is 218 Å². The van der Waals surface area contributed by atoms with E-state index in [9.17, 15) is 43.2 Å². The fourth-order valence-corrected chi connectivity index (χ4v) is 13.9. The Balaban J connectivity index is 5.20. The van der Waals surface area contributed by atoms with Gasteiger partial charge < -0.3 is 33.8 Å². The summed E-state index contributed by atoms with van der Waals surface area (Å²) in [7, 11) is -9.92. The second-order valence-electron chi connectivity index (χ2n) is 30.0. The van der Waals surface area contributed by atoms with Gasteiger partial charge in [0.15, 0.2) is 12.2 Å². The highest BCUT2D eigenvalue weighted by atomic mass is 31.2. The number of unbranched alkanes of at least 4 members (excludes halogenated alkanes) is 45. The smallest absolute Gasteiger partial charge is 0.462 e. The molecule has 0 rings (SSSR count). The lowest BCUT2D eigenvalue weighted by Gasteiger charge is -2.21. The molecular weight excluding hydrogens is 1290 g/mol. The van der Waals surface area contributed by atoms with Gasteiger partial charge in [0, 0.05) is 25.7 Å². The van der Waals surface area contributed by atoms with Gasteiger partial charge in [-0.1, -0.05) is 363 Å². The van der Waals surface area contributed by atoms with E-state index in [0.717, 1.165) is 108 Å². The number of phosphoric acid groups is 2. The average Bonchev–Trinajstić information content (AvgIpc) is 1.44. The molecule has 6 atom stereocenters. The van der Waals surface area contributed by atoms with Crippen molar-refractivity contribution in [3.8, 4) is 0 Å². The molecule has 0 bridgehead atoms. The highest BCUT2D eigenvalue weighted by molar-refractivity contribution is 7.47. The van der Waals surface area contributed by atoms with Crippen molar-refractivity contribution < 1.29 is 80.2 Å². The number of rotatable bonds is 78. The number of carbonyl (C=O) groups is 4. The molecule has 0 saturated heterocycles. The van der Waals surface area contributed by atoms with Crippen molar-refractivity contribution in [1.82, 2.24) is 0 Å². The van der Waals surface area contributed by atoms with Crippen molar-refractivity contribution in [2.75, 3.05) is 39.6 Å². The lowest BCUT2D eigenvalue weighted by Crippen LogP contribution is -2.30. The van der Waals surface area contributed by atoms with Crippen LogP contribution in [-0.2, 0) is 65.4 Å². The van der Waals surface area contributed by atoms with Gasteiger partial charge in [-0.3, -0.25) is 37.3 Å². The van der Waals surface area contributed by atoms with Crippen molar-refractivity contribution in [3.63, 3.8) is 0 Å². The number of ether oxygens (including phenoxy) is 4. The summed E-state index contributed by atoms with van der Waals surface area (Å²) >= 11 is 0. The normalized spacial score (nSPS) is 14.3. The molecule has 0 aliphatic heterocycles. The molecule has 0 radical (unpaired) electrons. The van der Waals surface area contributed by atoms with Crippen LogP contribution in [0.3, 0.4) is 0 Å². The largest absolute Gasteiger partial charge is 0.472 e. The quantitative estimate of drug-likeness (QED) is 0.0222. The highest BCUT2D eigenvalue weighted by Crippen LogP contribution is 2.45. The minimum absolute atomic E-state index is 0.103. The summed E-state index contributed by atoms with van der Waals surface area (Å²) in [5.74, 6) is 0.130. The first-order chi connectivity index (χ1) is 47.8. The zero-order valence-corrected chi connectivity index (χ0v) is 66.8. The number of phosphoric ester groups is 2. The van der Waals surface area contributed by atoms with Crippen molar-refractivity contribution in [3.05, 3.63) is 0 Å². The maximum Gasteiger partial charge on any atom is 0.472 e. The zero-order valence-electron chi connectivity index (χ0n) is 65.0. The number of hydrogen-bond donors (Lipinski definition) is 3. The fourth-order valence-electron chi connectivity index (χ4n) is 12.3. The van der Waals surface area contributed by atoms with Crippen LogP contribution >= 0.6 is 15.6 Å². The van der Waals surface area contributed by atoms with Crippen LogP contribution in [0, 0.1) is 17.8 Å². The molecule has 19 heteroatoms. The molecule has 0 aromatic carbocycles. The molecule has 0 spiro atoms. The Morgan fingerprint density at radius 3 is 0.768 bits per heavy atom. The third kappa shape index (κ3) is 72.8. The summed E-state index contributed by atoms with van der Waals surface area (Å²) in [4.78, 5) is 72.9. The van der Waals surface area contributed by atoms with Crippen LogP contribution in [0.15, 0.2) is 0 Å². The van der Waals surface area contributed by atoms with E-state index in [-0.39, 0.29) is 25.7 Å². The van der Waals surface area contributed by atoms with Gasteiger partial charge in [0.05, 0.1) is 26.4 Å². The van der Waals surface area contributed by atoms with Gasteiger partial charge in [0.2, 0.25) is 0 Å². The van der Waals surface area contributed by atoms with Gasteiger partial charge in [-0.2, -0.15) is 0 Å². The summed E-state index contributed by atoms with van der Waals surface area (Å²) in [6.07, 6.45) is 58.6. The van der Waals surface area contributed by atoms with Crippen LogP contribution in [0.1, 0.15) is 414 Å². The molecule has 0 aromatic heterocycles. The molecule has 0 aliphatic rings. The van der Waals surface area contributed by atoms with Crippen molar-refractivity contribution >= 4 is 39.5 Å². The van der Waals surface area contributed by atoms with E-state index in [1.54, 1.807) is 0 Å². The lowest BCUT2D eigenvalue weighted by molar-refractivity contribution is -0.161. The first-order valence-corrected chi connectivity index (χ1v) is 44.4. The number of aliphatic hydroxyl groups excluding tert-OH is 1. The van der Waals surface area contributed by atoms with E-state index in [1.807, 2.05) is 0 Å². The molecule has 17 nitrogen and oxygen atoms in total. The first kappa shape index (κ1) is 97.1. The van der Waals surface area contributed by atoms with Gasteiger partial charge in [-0.05, 0) is 43.4 Å². The summed E-state index contributed by atoms with van der Waals surface area (Å²) < 4.78 is 68.6. The van der Waals surface area contributed by atoms with Crippen molar-refractivity contribution in [1.29, 1.82) is 0 Å². The summed E-state index contributed by atoms with van der Waals surface area (Å²) in [5.41, 5.74) is 0. The Kier molecular flexibility index (Phi) is 69.0. The highest BCUT2D eigenvalue weighted by Gasteiger charge is 2.30. The van der Waals surface area contributed by atoms with E-state index in [2.05, 4.69) is 48.5 Å². The van der Waals surface area contributed by atoms with Crippen molar-refractivity contribution in [2.45, 2.75) is 433 Å². The van der Waals surface area contributed by atoms with Crippen LogP contribution in [0.5, 0.6) is 0 Å². The molecule has 0 saturated carbocycles. The van der Waals surface area contributed by atoms with Crippen LogP contribution in [0.2, 0.25) is 0 Å². The van der Waals surface area contributed by atoms with E-state index in [0.29, 0.717) is 31.6 Å². The standard InChI is InChI=1S/C80H156O17P2/c1-8-10-11-12-13-14-15-16-17-18-19-20-21-22-23-28-31-34-40-49-56-63-79(84)96-75(67-90-77(82)61-54-47-39-33-30-27-25-24-26-29-32-38-46-53-60-73(7)9-2)69-94-98(86,87)92-65-74(81)66-93-99(88,89)95-70-76(68-91-78(83)62-55-48-43-42-45-52-59-72(5)6)97-80(85)64-57-50-41-36-35-37-44-51-58-71(3)4/h71-76,81H,8-70H2,1-7H3,(H,86,87)(H,88,89)/t73?,74-,75-,76-/m1/s1. The molecule has 0 aliphatic carbocycles. The number of esters is 4. The maximum atomic E-state index is 13.1. The van der Waals surface area contributed by atoms with Gasteiger partial charge in [-0.15, -0.1) is 0 Å². The fraction of sp³-hybridized carbons (Fsp3) is 0.950. The summed E-state index contributed by atoms with van der Waals surface area (Å²) in [5, 5.41) is 10.6. The average molecular weight is 1450 g/mol. The molecule has 0 amide bonds. The van der Waals surface area contributed by atoms with Gasteiger partial charge in [-0.25, -0.2) is 9.13 Å². The summed E-state index contributed by atoms with van der Waals surface area (Å²) in [6, 6.07) is 0. The van der Waals surface area contributed by atoms with E-state index >= 15 is 0 Å². The van der Waals surface area contributed by atoms with Crippen LogP contribution in [-0.4, -0.2) is 96.7 Å². The lowest BCUT2D eigenvalue weighted by atomic mass is 9.99. The predicted octanol–water partition coefficient (Wildman–Crippen LogP) is 23.7. The SMILES string of the molecule is CCCCCCCCCCCCCCCCCCCCCCCC(=O)O[C@H](COC(=O)CCCCCCCCCCCCCCCCC(C)CC)COP(=O)(O)OC[C@@H](O)COP(=O)(O)OC[C@@H](COC(=O)CCCCCCCCC(C)C)OC(=O)CCCCCCCCCCC(C)C. The minimum Gasteiger partial charge on any atom is -0.462 e. The molecule has 588 valence electrons. The summed E-state index contributed by atoms with van der Waals surface area (Å²) in [6.45, 7) is 11.9. The number of carbonyl (C=O) groups excluding carboxylic acids is 4. The molecule has 3 N–H and O–H groups in total. The van der Waals surface area contributed by atoms with Gasteiger partial charge >= 0.3 is 39.5 Å². The minimum atomic E-state index is -4.96. The Bertz CT molecular complexity index is 1920. The van der Waals surface area contributed by atoms with E-state index in [4.69, 9.17) is 37.0 Å². The van der Waals surface area contributed by atoms with Gasteiger partial charge in [0.1, 0.15) is 19.3 Å². The maximum absolute atomic E-state index is 13.1. The third-order valence-electron chi connectivity index (χ3n) is 19.0. The van der Waals surface area contributed by atoms with Gasteiger partial charge in [0.25, 0.3) is 0 Å². The van der Waals surface area contributed by atoms with Crippen LogP contribution < -0.4 is 0 Å². The Morgan fingerprint density at radius 2 is 0.515 bits per heavy atom. The number of aliphatic hydroxyl groups is 1. The predicted molar refractivity (Wildman–Crippen MR) is 405 cm³/mol. The molecular formula is C80H156O17P2.